The van der Waals surface area contributed by atoms with E-state index in [0.29, 0.717) is 28.2 Å². The van der Waals surface area contributed by atoms with E-state index in [1.165, 1.54) is 11.3 Å². The van der Waals surface area contributed by atoms with Crippen molar-refractivity contribution in [3.8, 4) is 0 Å². The summed E-state index contributed by atoms with van der Waals surface area (Å²) in [5, 5.41) is 7.18. The highest BCUT2D eigenvalue weighted by atomic mass is 32.2. The van der Waals surface area contributed by atoms with Crippen molar-refractivity contribution in [2.45, 2.75) is 11.8 Å². The summed E-state index contributed by atoms with van der Waals surface area (Å²) in [5.74, 6) is 0. The minimum Gasteiger partial charge on any atom is -0.363 e. The van der Waals surface area contributed by atoms with Crippen LogP contribution in [0.4, 0.5) is 5.13 Å². The van der Waals surface area contributed by atoms with Gasteiger partial charge in [-0.2, -0.15) is 4.31 Å². The average Bonchev–Trinajstić information content (AvgIpc) is 2.96. The van der Waals surface area contributed by atoms with Crippen LogP contribution >= 0.6 is 23.6 Å². The van der Waals surface area contributed by atoms with Gasteiger partial charge in [-0.25, -0.2) is 13.4 Å². The normalized spacial score (nSPS) is 16.9. The second-order valence-corrected chi connectivity index (χ2v) is 9.22. The van der Waals surface area contributed by atoms with Crippen molar-refractivity contribution < 1.29 is 8.42 Å². The van der Waals surface area contributed by atoms with Crippen molar-refractivity contribution in [3.63, 3.8) is 0 Å². The molecule has 1 aromatic heterocycles. The molecule has 0 radical (unpaired) electrons. The predicted molar refractivity (Wildman–Crippen MR) is 106 cm³/mol. The van der Waals surface area contributed by atoms with Gasteiger partial charge in [0, 0.05) is 32.7 Å². The standard InChI is InChI=1S/C15H21N5O2S3/c1-3-16-14(23)18-15-17-12-5-4-11(10-13(12)24-15)25(21,22)20-8-6-19(2)7-9-20/h4-5,10H,3,6-9H2,1-2H3,(H2,16,17,18,23). The van der Waals surface area contributed by atoms with Gasteiger partial charge < -0.3 is 15.5 Å². The number of thiazole rings is 1. The second kappa shape index (κ2) is 7.50. The Morgan fingerprint density at radius 2 is 2.04 bits per heavy atom. The molecule has 0 spiro atoms. The lowest BCUT2D eigenvalue weighted by atomic mass is 10.3. The molecule has 3 rings (SSSR count). The summed E-state index contributed by atoms with van der Waals surface area (Å²) in [5.41, 5.74) is 0.754. The molecule has 10 heteroatoms. The second-order valence-electron chi connectivity index (χ2n) is 5.84. The van der Waals surface area contributed by atoms with Crippen LogP contribution in [0.1, 0.15) is 6.92 Å². The minimum atomic E-state index is -3.47. The molecule has 25 heavy (non-hydrogen) atoms. The number of rotatable bonds is 4. The number of sulfonamides is 1. The van der Waals surface area contributed by atoms with Gasteiger partial charge in [-0.3, -0.25) is 0 Å². The van der Waals surface area contributed by atoms with Crippen LogP contribution in [0.25, 0.3) is 10.2 Å². The monoisotopic (exact) mass is 399 g/mol. The first kappa shape index (κ1) is 18.5. The molecule has 1 aromatic carbocycles. The van der Waals surface area contributed by atoms with Crippen LogP contribution in [0.15, 0.2) is 23.1 Å². The lowest BCUT2D eigenvalue weighted by molar-refractivity contribution is 0.222. The number of hydrogen-bond acceptors (Lipinski definition) is 6. The lowest BCUT2D eigenvalue weighted by Gasteiger charge is -2.31. The SMILES string of the molecule is CCNC(=S)Nc1nc2ccc(S(=O)(=O)N3CCN(C)CC3)cc2s1. The van der Waals surface area contributed by atoms with Crippen LogP contribution in [0.2, 0.25) is 0 Å². The molecular formula is C15H21N5O2S3. The maximum absolute atomic E-state index is 12.9. The molecular weight excluding hydrogens is 378 g/mol. The number of nitrogens with zero attached hydrogens (tertiary/aromatic N) is 3. The Bertz CT molecular complexity index is 872. The van der Waals surface area contributed by atoms with Crippen LogP contribution < -0.4 is 10.6 Å². The summed E-state index contributed by atoms with van der Waals surface area (Å²) >= 11 is 6.55. The number of hydrogen-bond donors (Lipinski definition) is 2. The van der Waals surface area contributed by atoms with Gasteiger partial charge in [0.2, 0.25) is 10.0 Å². The Morgan fingerprint density at radius 1 is 1.32 bits per heavy atom. The van der Waals surface area contributed by atoms with Crippen molar-refractivity contribution in [1.82, 2.24) is 19.5 Å². The van der Waals surface area contributed by atoms with E-state index in [-0.39, 0.29) is 0 Å². The van der Waals surface area contributed by atoms with Crippen molar-refractivity contribution in [2.75, 3.05) is 45.1 Å². The van der Waals surface area contributed by atoms with E-state index in [2.05, 4.69) is 20.5 Å². The minimum absolute atomic E-state index is 0.314. The molecule has 1 saturated heterocycles. The van der Waals surface area contributed by atoms with Gasteiger partial charge in [0.15, 0.2) is 10.2 Å². The molecule has 136 valence electrons. The Labute approximate surface area is 157 Å². The molecule has 2 N–H and O–H groups in total. The van der Waals surface area contributed by atoms with E-state index in [1.807, 2.05) is 14.0 Å². The van der Waals surface area contributed by atoms with E-state index >= 15 is 0 Å². The third kappa shape index (κ3) is 4.09. The number of benzene rings is 1. The third-order valence-electron chi connectivity index (χ3n) is 4.02. The molecule has 2 aromatic rings. The third-order valence-corrected chi connectivity index (χ3v) is 7.09. The highest BCUT2D eigenvalue weighted by Gasteiger charge is 2.27. The first-order chi connectivity index (χ1) is 11.9. The first-order valence-electron chi connectivity index (χ1n) is 8.04. The molecule has 1 fully saturated rings. The summed E-state index contributed by atoms with van der Waals surface area (Å²) < 4.78 is 28.1. The fourth-order valence-electron chi connectivity index (χ4n) is 2.60. The van der Waals surface area contributed by atoms with Crippen LogP contribution in [0.5, 0.6) is 0 Å². The Balaban J connectivity index is 1.84. The number of piperazine rings is 1. The van der Waals surface area contributed by atoms with Crippen LogP contribution in [-0.2, 0) is 10.0 Å². The van der Waals surface area contributed by atoms with Crippen LogP contribution in [0.3, 0.4) is 0 Å². The number of fused-ring (bicyclic) bond motifs is 1. The first-order valence-corrected chi connectivity index (χ1v) is 10.7. The molecule has 0 amide bonds. The lowest BCUT2D eigenvalue weighted by Crippen LogP contribution is -2.46. The zero-order valence-corrected chi connectivity index (χ0v) is 16.6. The molecule has 0 unspecified atom stereocenters. The molecule has 0 bridgehead atoms. The average molecular weight is 400 g/mol. The number of likely N-dealkylation sites (N-methyl/N-ethyl adjacent to an activating group) is 1. The quantitative estimate of drug-likeness (QED) is 0.755. The largest absolute Gasteiger partial charge is 0.363 e. The summed E-state index contributed by atoms with van der Waals surface area (Å²) in [6, 6.07) is 5.07. The van der Waals surface area contributed by atoms with E-state index in [9.17, 15) is 8.42 Å². The summed E-state index contributed by atoms with van der Waals surface area (Å²) in [4.78, 5) is 6.89. The molecule has 0 saturated carbocycles. The maximum atomic E-state index is 12.9. The van der Waals surface area contributed by atoms with Gasteiger partial charge in [0.1, 0.15) is 0 Å². The van der Waals surface area contributed by atoms with Gasteiger partial charge in [-0.05, 0) is 44.4 Å². The molecule has 0 aliphatic carbocycles. The Morgan fingerprint density at radius 3 is 2.72 bits per heavy atom. The Hall–Kier alpha value is -1.33. The zero-order valence-electron chi connectivity index (χ0n) is 14.2. The van der Waals surface area contributed by atoms with E-state index in [0.717, 1.165) is 29.9 Å². The summed E-state index contributed by atoms with van der Waals surface area (Å²) in [6.45, 7) is 5.22. The number of nitrogens with one attached hydrogen (secondary N) is 2. The molecule has 7 nitrogen and oxygen atoms in total. The van der Waals surface area contributed by atoms with Crippen molar-refractivity contribution >= 4 is 54.0 Å². The Kier molecular flexibility index (Phi) is 5.54. The van der Waals surface area contributed by atoms with Gasteiger partial charge in [0.05, 0.1) is 15.1 Å². The van der Waals surface area contributed by atoms with Crippen LogP contribution in [-0.4, -0.2) is 67.5 Å². The smallest absolute Gasteiger partial charge is 0.243 e. The predicted octanol–water partition coefficient (Wildman–Crippen LogP) is 1.54. The number of aromatic nitrogens is 1. The fraction of sp³-hybridized carbons (Fsp3) is 0.467. The van der Waals surface area contributed by atoms with Crippen LogP contribution in [0, 0.1) is 0 Å². The summed E-state index contributed by atoms with van der Waals surface area (Å²) in [7, 11) is -1.47. The molecule has 1 aliphatic rings. The van der Waals surface area contributed by atoms with E-state index in [1.54, 1.807) is 22.5 Å². The summed E-state index contributed by atoms with van der Waals surface area (Å²) in [6.07, 6.45) is 0. The van der Waals surface area contributed by atoms with Crippen molar-refractivity contribution in [1.29, 1.82) is 0 Å². The van der Waals surface area contributed by atoms with E-state index in [4.69, 9.17) is 12.2 Å². The molecule has 1 aliphatic heterocycles. The topological polar surface area (TPSA) is 77.6 Å². The molecule has 0 atom stereocenters. The maximum Gasteiger partial charge on any atom is 0.243 e. The zero-order chi connectivity index (χ0) is 18.0. The number of anilines is 1. The van der Waals surface area contributed by atoms with E-state index < -0.39 is 10.0 Å². The van der Waals surface area contributed by atoms with Gasteiger partial charge in [0.25, 0.3) is 0 Å². The van der Waals surface area contributed by atoms with Gasteiger partial charge >= 0.3 is 0 Å². The van der Waals surface area contributed by atoms with Crippen molar-refractivity contribution in [2.24, 2.45) is 0 Å². The highest BCUT2D eigenvalue weighted by molar-refractivity contribution is 7.89. The number of thiocarbonyl (C=S) groups is 1. The fourth-order valence-corrected chi connectivity index (χ4v) is 5.34. The van der Waals surface area contributed by atoms with Crippen molar-refractivity contribution in [3.05, 3.63) is 18.2 Å². The molecule has 2 heterocycles. The van der Waals surface area contributed by atoms with Gasteiger partial charge in [-0.15, -0.1) is 0 Å². The highest BCUT2D eigenvalue weighted by Crippen LogP contribution is 2.29. The van der Waals surface area contributed by atoms with Gasteiger partial charge in [-0.1, -0.05) is 11.3 Å².